The number of benzene rings is 2. The third kappa shape index (κ3) is 5.98. The summed E-state index contributed by atoms with van der Waals surface area (Å²) in [7, 11) is 0. The lowest BCUT2D eigenvalue weighted by atomic mass is 10.1. The first-order chi connectivity index (χ1) is 13.7. The van der Waals surface area contributed by atoms with Crippen LogP contribution >= 0.6 is 23.4 Å². The van der Waals surface area contributed by atoms with Gasteiger partial charge in [0.1, 0.15) is 0 Å². The van der Waals surface area contributed by atoms with Crippen molar-refractivity contribution in [2.45, 2.75) is 38.0 Å². The summed E-state index contributed by atoms with van der Waals surface area (Å²) in [6.45, 7) is 6.17. The van der Waals surface area contributed by atoms with E-state index in [4.69, 9.17) is 11.6 Å². The number of amides is 3. The number of hydrogen-bond donors (Lipinski definition) is 2. The van der Waals surface area contributed by atoms with E-state index < -0.39 is 11.6 Å². The molecule has 1 heterocycles. The smallest absolute Gasteiger partial charge is 0.321 e. The van der Waals surface area contributed by atoms with Gasteiger partial charge in [0.05, 0.1) is 23.3 Å². The molecule has 0 aliphatic heterocycles. The van der Waals surface area contributed by atoms with Crippen molar-refractivity contribution in [2.24, 2.45) is 0 Å². The van der Waals surface area contributed by atoms with Gasteiger partial charge in [-0.15, -0.1) is 0 Å². The van der Waals surface area contributed by atoms with Crippen LogP contribution in [-0.4, -0.2) is 32.8 Å². The Morgan fingerprint density at radius 1 is 1.14 bits per heavy atom. The van der Waals surface area contributed by atoms with Gasteiger partial charge in [0.15, 0.2) is 5.16 Å². The fraction of sp³-hybridized carbons (Fsp3) is 0.286. The Morgan fingerprint density at radius 2 is 1.86 bits per heavy atom. The molecule has 1 aromatic heterocycles. The normalized spacial score (nSPS) is 11.4. The van der Waals surface area contributed by atoms with Crippen LogP contribution < -0.4 is 10.6 Å². The number of nitrogens with zero attached hydrogens (tertiary/aromatic N) is 2. The highest BCUT2D eigenvalue weighted by Crippen LogP contribution is 2.27. The molecule has 0 atom stereocenters. The largest absolute Gasteiger partial charge is 0.333 e. The molecule has 0 saturated carbocycles. The van der Waals surface area contributed by atoms with Crippen LogP contribution in [0, 0.1) is 0 Å². The van der Waals surface area contributed by atoms with Gasteiger partial charge in [0, 0.05) is 10.6 Å². The van der Waals surface area contributed by atoms with E-state index in [0.29, 0.717) is 16.7 Å². The van der Waals surface area contributed by atoms with Crippen LogP contribution in [0.5, 0.6) is 0 Å². The second-order valence-electron chi connectivity index (χ2n) is 7.64. The van der Waals surface area contributed by atoms with Gasteiger partial charge in [-0.2, -0.15) is 0 Å². The first-order valence-corrected chi connectivity index (χ1v) is 10.5. The third-order valence-corrected chi connectivity index (χ3v) is 5.14. The number of halogens is 1. The van der Waals surface area contributed by atoms with Gasteiger partial charge >= 0.3 is 6.03 Å². The number of carbonyl (C=O) groups excluding carboxylic acids is 2. The zero-order chi connectivity index (χ0) is 21.0. The minimum atomic E-state index is -0.507. The van der Waals surface area contributed by atoms with Crippen molar-refractivity contribution in [1.29, 1.82) is 0 Å². The Labute approximate surface area is 179 Å². The summed E-state index contributed by atoms with van der Waals surface area (Å²) in [5.41, 5.74) is 2.41. The van der Waals surface area contributed by atoms with Gasteiger partial charge < -0.3 is 9.88 Å². The summed E-state index contributed by atoms with van der Waals surface area (Å²) >= 11 is 7.40. The number of aromatic nitrogens is 2. The molecule has 8 heteroatoms. The van der Waals surface area contributed by atoms with Gasteiger partial charge in [-0.1, -0.05) is 53.7 Å². The van der Waals surface area contributed by atoms with Gasteiger partial charge in [0.25, 0.3) is 0 Å². The number of nitrogens with one attached hydrogen (secondary N) is 2. The predicted octanol–water partition coefficient (Wildman–Crippen LogP) is 4.45. The van der Waals surface area contributed by atoms with Crippen LogP contribution in [-0.2, 0) is 11.3 Å². The number of imidazole rings is 1. The van der Waals surface area contributed by atoms with E-state index in [1.54, 1.807) is 6.07 Å². The Bertz CT molecular complexity index is 1030. The van der Waals surface area contributed by atoms with E-state index in [1.165, 1.54) is 11.8 Å². The Hall–Kier alpha value is -2.51. The van der Waals surface area contributed by atoms with Gasteiger partial charge in [-0.05, 0) is 44.5 Å². The fourth-order valence-electron chi connectivity index (χ4n) is 2.77. The molecule has 152 valence electrons. The number of thioether (sulfide) groups is 1. The highest BCUT2D eigenvalue weighted by Gasteiger charge is 2.17. The number of hydrogen-bond acceptors (Lipinski definition) is 4. The maximum atomic E-state index is 12.2. The molecule has 0 unspecified atom stereocenters. The van der Waals surface area contributed by atoms with E-state index in [9.17, 15) is 9.59 Å². The summed E-state index contributed by atoms with van der Waals surface area (Å²) in [6.07, 6.45) is 0. The summed E-state index contributed by atoms with van der Waals surface area (Å²) in [5, 5.41) is 6.35. The molecule has 0 fully saturated rings. The minimum Gasteiger partial charge on any atom is -0.333 e. The van der Waals surface area contributed by atoms with Crippen molar-refractivity contribution < 1.29 is 9.59 Å². The highest BCUT2D eigenvalue weighted by atomic mass is 35.5. The average Bonchev–Trinajstić information content (AvgIpc) is 2.95. The monoisotopic (exact) mass is 430 g/mol. The molecule has 3 amide bonds. The van der Waals surface area contributed by atoms with E-state index in [-0.39, 0.29) is 11.7 Å². The van der Waals surface area contributed by atoms with Gasteiger partial charge in [-0.3, -0.25) is 10.1 Å². The van der Waals surface area contributed by atoms with Crippen LogP contribution in [0.1, 0.15) is 26.3 Å². The van der Waals surface area contributed by atoms with Crippen LogP contribution in [0.15, 0.2) is 53.7 Å². The molecule has 3 rings (SSSR count). The van der Waals surface area contributed by atoms with Crippen molar-refractivity contribution in [3.63, 3.8) is 0 Å². The molecule has 0 aliphatic carbocycles. The SMILES string of the molecule is CC(C)(C)NC(=O)NC(=O)CSc1nc2cc(Cl)ccc2n1Cc1ccccc1. The van der Waals surface area contributed by atoms with Crippen LogP contribution in [0.2, 0.25) is 5.02 Å². The van der Waals surface area contributed by atoms with Gasteiger partial charge in [0.2, 0.25) is 5.91 Å². The third-order valence-electron chi connectivity index (χ3n) is 3.93. The Morgan fingerprint density at radius 3 is 2.55 bits per heavy atom. The first kappa shape index (κ1) is 21.2. The minimum absolute atomic E-state index is 0.0728. The maximum absolute atomic E-state index is 12.2. The molecule has 0 spiro atoms. The number of rotatable bonds is 5. The Kier molecular flexibility index (Phi) is 6.49. The molecule has 6 nitrogen and oxygen atoms in total. The Balaban J connectivity index is 1.77. The quantitative estimate of drug-likeness (QED) is 0.586. The van der Waals surface area contributed by atoms with E-state index in [1.807, 2.05) is 67.8 Å². The highest BCUT2D eigenvalue weighted by molar-refractivity contribution is 7.99. The molecule has 0 saturated heterocycles. The molecule has 0 bridgehead atoms. The molecule has 0 radical (unpaired) electrons. The standard InChI is InChI=1S/C21H23ClN4O2S/c1-21(2,3)25-19(28)24-18(27)13-29-20-23-16-11-15(22)9-10-17(16)26(20)12-14-7-5-4-6-8-14/h4-11H,12-13H2,1-3H3,(H2,24,25,27,28). The zero-order valence-electron chi connectivity index (χ0n) is 16.5. The molecule has 3 aromatic rings. The molecular formula is C21H23ClN4O2S. The number of imide groups is 1. The van der Waals surface area contributed by atoms with Crippen molar-refractivity contribution in [3.05, 3.63) is 59.1 Å². The molecule has 29 heavy (non-hydrogen) atoms. The van der Waals surface area contributed by atoms with Crippen LogP contribution in [0.25, 0.3) is 11.0 Å². The maximum Gasteiger partial charge on any atom is 0.321 e. The zero-order valence-corrected chi connectivity index (χ0v) is 18.1. The number of urea groups is 1. The van der Waals surface area contributed by atoms with Crippen molar-refractivity contribution in [2.75, 3.05) is 5.75 Å². The summed E-state index contributed by atoms with van der Waals surface area (Å²) in [4.78, 5) is 28.7. The average molecular weight is 431 g/mol. The second-order valence-corrected chi connectivity index (χ2v) is 9.02. The molecule has 2 aromatic carbocycles. The van der Waals surface area contributed by atoms with Crippen LogP contribution in [0.3, 0.4) is 0 Å². The van der Waals surface area contributed by atoms with Gasteiger partial charge in [-0.25, -0.2) is 9.78 Å². The number of fused-ring (bicyclic) bond motifs is 1. The van der Waals surface area contributed by atoms with Crippen molar-refractivity contribution in [3.8, 4) is 0 Å². The van der Waals surface area contributed by atoms with Crippen molar-refractivity contribution >= 4 is 46.3 Å². The fourth-order valence-corrected chi connectivity index (χ4v) is 3.75. The molecule has 2 N–H and O–H groups in total. The number of carbonyl (C=O) groups is 2. The lowest BCUT2D eigenvalue weighted by Gasteiger charge is -2.20. The van der Waals surface area contributed by atoms with E-state index in [2.05, 4.69) is 15.6 Å². The molecule has 0 aliphatic rings. The summed E-state index contributed by atoms with van der Waals surface area (Å²) in [6, 6.07) is 15.1. The van der Waals surface area contributed by atoms with E-state index in [0.717, 1.165) is 16.6 Å². The lowest BCUT2D eigenvalue weighted by Crippen LogP contribution is -2.48. The topological polar surface area (TPSA) is 76.0 Å². The predicted molar refractivity (Wildman–Crippen MR) is 117 cm³/mol. The lowest BCUT2D eigenvalue weighted by molar-refractivity contribution is -0.117. The summed E-state index contributed by atoms with van der Waals surface area (Å²) in [5.74, 6) is -0.309. The van der Waals surface area contributed by atoms with E-state index >= 15 is 0 Å². The first-order valence-electron chi connectivity index (χ1n) is 9.16. The van der Waals surface area contributed by atoms with Crippen LogP contribution in [0.4, 0.5) is 4.79 Å². The second kappa shape index (κ2) is 8.88. The summed E-state index contributed by atoms with van der Waals surface area (Å²) < 4.78 is 2.05. The van der Waals surface area contributed by atoms with Crippen molar-refractivity contribution in [1.82, 2.24) is 20.2 Å². The molecular weight excluding hydrogens is 408 g/mol.